The summed E-state index contributed by atoms with van der Waals surface area (Å²) in [6.07, 6.45) is 0. The molecule has 0 saturated heterocycles. The summed E-state index contributed by atoms with van der Waals surface area (Å²) in [5.74, 6) is -0.425. The average Bonchev–Trinajstić information content (AvgIpc) is 2.55. The zero-order valence-corrected chi connectivity index (χ0v) is 13.2. The lowest BCUT2D eigenvalue weighted by Gasteiger charge is -2.14. The standard InChI is InChI=1S/C18H21N3O2/c1-11(2)17(22)16(20)12-7-9-13(10-8-12)18(23)21-15-6-4-3-5-14(15)19/h3-11,16H,19-20H2,1-2H3,(H,21,23). The topological polar surface area (TPSA) is 98.2 Å². The number of hydrogen-bond donors (Lipinski definition) is 3. The van der Waals surface area contributed by atoms with E-state index in [1.165, 1.54) is 0 Å². The fourth-order valence-electron chi connectivity index (χ4n) is 2.17. The van der Waals surface area contributed by atoms with Gasteiger partial charge in [-0.05, 0) is 29.8 Å². The zero-order valence-electron chi connectivity index (χ0n) is 13.2. The minimum absolute atomic E-state index is 0.0285. The van der Waals surface area contributed by atoms with E-state index >= 15 is 0 Å². The predicted molar refractivity (Wildman–Crippen MR) is 92.0 cm³/mol. The Morgan fingerprint density at radius 2 is 1.61 bits per heavy atom. The maximum Gasteiger partial charge on any atom is 0.255 e. The minimum Gasteiger partial charge on any atom is -0.397 e. The van der Waals surface area contributed by atoms with E-state index in [1.54, 1.807) is 48.5 Å². The summed E-state index contributed by atoms with van der Waals surface area (Å²) < 4.78 is 0. The second-order valence-corrected chi connectivity index (χ2v) is 5.70. The quantitative estimate of drug-likeness (QED) is 0.739. The van der Waals surface area contributed by atoms with Crippen molar-refractivity contribution in [3.63, 3.8) is 0 Å². The van der Waals surface area contributed by atoms with E-state index in [0.717, 1.165) is 0 Å². The van der Waals surface area contributed by atoms with E-state index in [9.17, 15) is 9.59 Å². The maximum atomic E-state index is 12.2. The number of nitrogen functional groups attached to an aromatic ring is 1. The molecular weight excluding hydrogens is 290 g/mol. The van der Waals surface area contributed by atoms with Crippen molar-refractivity contribution in [3.05, 3.63) is 59.7 Å². The van der Waals surface area contributed by atoms with E-state index in [1.807, 2.05) is 13.8 Å². The molecule has 1 unspecified atom stereocenters. The number of benzene rings is 2. The molecule has 5 heteroatoms. The minimum atomic E-state index is -0.670. The Morgan fingerprint density at radius 3 is 2.17 bits per heavy atom. The molecule has 0 fully saturated rings. The van der Waals surface area contributed by atoms with Gasteiger partial charge < -0.3 is 16.8 Å². The molecule has 5 nitrogen and oxygen atoms in total. The van der Waals surface area contributed by atoms with E-state index in [0.29, 0.717) is 22.5 Å². The molecule has 2 rings (SSSR count). The second-order valence-electron chi connectivity index (χ2n) is 5.70. The Bertz CT molecular complexity index is 708. The summed E-state index contributed by atoms with van der Waals surface area (Å²) in [7, 11) is 0. The van der Waals surface area contributed by atoms with Gasteiger partial charge in [-0.25, -0.2) is 0 Å². The summed E-state index contributed by atoms with van der Waals surface area (Å²) >= 11 is 0. The van der Waals surface area contributed by atoms with Gasteiger partial charge in [0.2, 0.25) is 0 Å². The number of nitrogens with one attached hydrogen (secondary N) is 1. The third kappa shape index (κ3) is 3.96. The average molecular weight is 311 g/mol. The van der Waals surface area contributed by atoms with E-state index in [-0.39, 0.29) is 17.6 Å². The Kier molecular flexibility index (Phi) is 5.13. The molecule has 0 aliphatic carbocycles. The summed E-state index contributed by atoms with van der Waals surface area (Å²) in [5.41, 5.74) is 14.0. The molecule has 0 spiro atoms. The Morgan fingerprint density at radius 1 is 1.00 bits per heavy atom. The molecule has 1 atom stereocenters. The molecule has 2 aromatic rings. The van der Waals surface area contributed by atoms with Gasteiger partial charge in [-0.3, -0.25) is 9.59 Å². The van der Waals surface area contributed by atoms with Crippen LogP contribution in [0.5, 0.6) is 0 Å². The van der Waals surface area contributed by atoms with Gasteiger partial charge in [0.05, 0.1) is 17.4 Å². The molecule has 0 saturated carbocycles. The number of ketones is 1. The van der Waals surface area contributed by atoms with Crippen molar-refractivity contribution in [2.24, 2.45) is 11.7 Å². The molecule has 5 N–H and O–H groups in total. The van der Waals surface area contributed by atoms with Gasteiger partial charge in [0.15, 0.2) is 5.78 Å². The number of carbonyl (C=O) groups excluding carboxylic acids is 2. The predicted octanol–water partition coefficient (Wildman–Crippen LogP) is 2.75. The van der Waals surface area contributed by atoms with Gasteiger partial charge in [0.1, 0.15) is 0 Å². The number of carbonyl (C=O) groups is 2. The van der Waals surface area contributed by atoms with E-state index in [4.69, 9.17) is 11.5 Å². The maximum absolute atomic E-state index is 12.2. The smallest absolute Gasteiger partial charge is 0.255 e. The van der Waals surface area contributed by atoms with Crippen LogP contribution in [0.2, 0.25) is 0 Å². The molecule has 0 heterocycles. The fourth-order valence-corrected chi connectivity index (χ4v) is 2.17. The lowest BCUT2D eigenvalue weighted by atomic mass is 9.95. The van der Waals surface area contributed by atoms with Gasteiger partial charge in [0.25, 0.3) is 5.91 Å². The van der Waals surface area contributed by atoms with Crippen LogP contribution in [0.1, 0.15) is 35.8 Å². The molecule has 0 aliphatic rings. The van der Waals surface area contributed by atoms with Crippen molar-refractivity contribution in [2.45, 2.75) is 19.9 Å². The van der Waals surface area contributed by atoms with Crippen molar-refractivity contribution in [3.8, 4) is 0 Å². The highest BCUT2D eigenvalue weighted by Gasteiger charge is 2.19. The first-order chi connectivity index (χ1) is 10.9. The molecular formula is C18H21N3O2. The van der Waals surface area contributed by atoms with Crippen molar-refractivity contribution >= 4 is 23.1 Å². The Hall–Kier alpha value is -2.66. The molecule has 23 heavy (non-hydrogen) atoms. The Balaban J connectivity index is 2.12. The monoisotopic (exact) mass is 311 g/mol. The van der Waals surface area contributed by atoms with Crippen LogP contribution in [0.15, 0.2) is 48.5 Å². The summed E-state index contributed by atoms with van der Waals surface area (Å²) in [6, 6.07) is 13.1. The number of nitrogens with two attached hydrogens (primary N) is 2. The van der Waals surface area contributed by atoms with Crippen LogP contribution in [0.3, 0.4) is 0 Å². The first kappa shape index (κ1) is 16.7. The van der Waals surface area contributed by atoms with Crippen molar-refractivity contribution in [1.82, 2.24) is 0 Å². The van der Waals surface area contributed by atoms with Crippen molar-refractivity contribution < 1.29 is 9.59 Å². The number of amides is 1. The first-order valence-corrected chi connectivity index (χ1v) is 7.45. The SMILES string of the molecule is CC(C)C(=O)C(N)c1ccc(C(=O)Nc2ccccc2N)cc1. The van der Waals surface area contributed by atoms with Crippen LogP contribution >= 0.6 is 0 Å². The molecule has 2 aromatic carbocycles. The normalized spacial score (nSPS) is 12.0. The van der Waals surface area contributed by atoms with Crippen molar-refractivity contribution in [2.75, 3.05) is 11.1 Å². The summed E-state index contributed by atoms with van der Waals surface area (Å²) in [5, 5.41) is 2.75. The molecule has 120 valence electrons. The summed E-state index contributed by atoms with van der Waals surface area (Å²) in [4.78, 5) is 24.1. The van der Waals surface area contributed by atoms with Crippen LogP contribution in [0.25, 0.3) is 0 Å². The molecule has 0 aromatic heterocycles. The van der Waals surface area contributed by atoms with E-state index < -0.39 is 6.04 Å². The third-order valence-corrected chi connectivity index (χ3v) is 3.62. The highest BCUT2D eigenvalue weighted by molar-refractivity contribution is 6.05. The molecule has 0 bridgehead atoms. The van der Waals surface area contributed by atoms with Crippen LogP contribution in [-0.4, -0.2) is 11.7 Å². The lowest BCUT2D eigenvalue weighted by Crippen LogP contribution is -2.25. The highest BCUT2D eigenvalue weighted by atomic mass is 16.1. The van der Waals surface area contributed by atoms with Crippen LogP contribution < -0.4 is 16.8 Å². The van der Waals surface area contributed by atoms with Gasteiger partial charge in [-0.15, -0.1) is 0 Å². The van der Waals surface area contributed by atoms with Gasteiger partial charge in [0, 0.05) is 11.5 Å². The molecule has 1 amide bonds. The van der Waals surface area contributed by atoms with Crippen LogP contribution in [0.4, 0.5) is 11.4 Å². The summed E-state index contributed by atoms with van der Waals surface area (Å²) in [6.45, 7) is 3.63. The first-order valence-electron chi connectivity index (χ1n) is 7.45. The number of para-hydroxylation sites is 2. The number of Topliss-reactive ketones (excluding diaryl/α,β-unsaturated/α-hetero) is 1. The van der Waals surface area contributed by atoms with E-state index in [2.05, 4.69) is 5.32 Å². The lowest BCUT2D eigenvalue weighted by molar-refractivity contribution is -0.123. The highest BCUT2D eigenvalue weighted by Crippen LogP contribution is 2.19. The van der Waals surface area contributed by atoms with Crippen LogP contribution in [-0.2, 0) is 4.79 Å². The molecule has 0 aliphatic heterocycles. The largest absolute Gasteiger partial charge is 0.397 e. The number of anilines is 2. The number of hydrogen-bond acceptors (Lipinski definition) is 4. The van der Waals surface area contributed by atoms with Crippen LogP contribution in [0, 0.1) is 5.92 Å². The van der Waals surface area contributed by atoms with Gasteiger partial charge in [-0.1, -0.05) is 38.1 Å². The second kappa shape index (κ2) is 7.07. The van der Waals surface area contributed by atoms with Gasteiger partial charge >= 0.3 is 0 Å². The Labute approximate surface area is 135 Å². The van der Waals surface area contributed by atoms with Gasteiger partial charge in [-0.2, -0.15) is 0 Å². The zero-order chi connectivity index (χ0) is 17.0. The number of rotatable bonds is 5. The fraction of sp³-hybridized carbons (Fsp3) is 0.222. The molecule has 0 radical (unpaired) electrons. The van der Waals surface area contributed by atoms with Crippen molar-refractivity contribution in [1.29, 1.82) is 0 Å². The third-order valence-electron chi connectivity index (χ3n) is 3.62.